The van der Waals surface area contributed by atoms with Crippen molar-refractivity contribution in [3.63, 3.8) is 0 Å². The molecule has 4 heteroatoms. The predicted molar refractivity (Wildman–Crippen MR) is 92.1 cm³/mol. The Kier molecular flexibility index (Phi) is 4.84. The van der Waals surface area contributed by atoms with E-state index >= 15 is 0 Å². The number of carbonyl (C=O) groups excluding carboxylic acids is 2. The Morgan fingerprint density at radius 1 is 1.17 bits per heavy atom. The molecule has 1 fully saturated rings. The highest BCUT2D eigenvalue weighted by Gasteiger charge is 2.28. The molecule has 0 spiro atoms. The zero-order valence-electron chi connectivity index (χ0n) is 14.2. The number of amides is 1. The largest absolute Gasteiger partial charge is 0.469 e. The normalized spacial score (nSPS) is 17.2. The number of hydrogen-bond acceptors (Lipinski definition) is 3. The average molecular weight is 325 g/mol. The quantitative estimate of drug-likeness (QED) is 0.784. The Morgan fingerprint density at radius 2 is 2.00 bits per heavy atom. The van der Waals surface area contributed by atoms with Crippen LogP contribution in [0.5, 0.6) is 0 Å². The lowest BCUT2D eigenvalue weighted by molar-refractivity contribution is -0.130. The molecule has 24 heavy (non-hydrogen) atoms. The summed E-state index contributed by atoms with van der Waals surface area (Å²) >= 11 is 0. The lowest BCUT2D eigenvalue weighted by Crippen LogP contribution is -2.28. The SMILES string of the molecule is Cc1ccc(C(=O)CCC(=O)N2CCC(c3ccco3)C2)cc1C. The number of rotatable bonds is 5. The summed E-state index contributed by atoms with van der Waals surface area (Å²) in [6.07, 6.45) is 3.13. The Hall–Kier alpha value is -2.36. The summed E-state index contributed by atoms with van der Waals surface area (Å²) in [5, 5.41) is 0. The topological polar surface area (TPSA) is 50.5 Å². The standard InChI is InChI=1S/C20H23NO3/c1-14-5-6-16(12-15(14)2)18(22)7-8-20(23)21-10-9-17(13-21)19-4-3-11-24-19/h3-6,11-12,17H,7-10,13H2,1-2H3. The van der Waals surface area contributed by atoms with Gasteiger partial charge in [0.2, 0.25) is 5.91 Å². The van der Waals surface area contributed by atoms with Gasteiger partial charge in [-0.25, -0.2) is 0 Å². The number of nitrogens with zero attached hydrogens (tertiary/aromatic N) is 1. The van der Waals surface area contributed by atoms with E-state index in [1.54, 1.807) is 6.26 Å². The molecule has 126 valence electrons. The molecule has 1 amide bonds. The average Bonchev–Trinajstić information content (AvgIpc) is 3.25. The summed E-state index contributed by atoms with van der Waals surface area (Å²) in [6.45, 7) is 5.44. The van der Waals surface area contributed by atoms with Gasteiger partial charge >= 0.3 is 0 Å². The molecule has 0 N–H and O–H groups in total. The minimum Gasteiger partial charge on any atom is -0.469 e. The number of carbonyl (C=O) groups is 2. The van der Waals surface area contributed by atoms with Crippen LogP contribution in [-0.2, 0) is 4.79 Å². The maximum atomic E-state index is 12.4. The van der Waals surface area contributed by atoms with Crippen LogP contribution in [0, 0.1) is 13.8 Å². The molecule has 0 aliphatic carbocycles. The zero-order valence-corrected chi connectivity index (χ0v) is 14.2. The highest BCUT2D eigenvalue weighted by atomic mass is 16.3. The second kappa shape index (κ2) is 7.04. The molecule has 1 aromatic heterocycles. The van der Waals surface area contributed by atoms with Gasteiger partial charge in [-0.1, -0.05) is 12.1 Å². The lowest BCUT2D eigenvalue weighted by atomic mass is 10.0. The summed E-state index contributed by atoms with van der Waals surface area (Å²) in [5.41, 5.74) is 2.97. The van der Waals surface area contributed by atoms with Crippen molar-refractivity contribution < 1.29 is 14.0 Å². The predicted octanol–water partition coefficient (Wildman–Crippen LogP) is 3.88. The van der Waals surface area contributed by atoms with Gasteiger partial charge < -0.3 is 9.32 Å². The number of aryl methyl sites for hydroxylation is 2. The van der Waals surface area contributed by atoms with Gasteiger partial charge in [0.25, 0.3) is 0 Å². The maximum Gasteiger partial charge on any atom is 0.223 e. The molecule has 1 unspecified atom stereocenters. The maximum absolute atomic E-state index is 12.4. The molecular formula is C20H23NO3. The summed E-state index contributed by atoms with van der Waals surface area (Å²) in [7, 11) is 0. The molecule has 0 bridgehead atoms. The summed E-state index contributed by atoms with van der Waals surface area (Å²) in [6, 6.07) is 9.55. The first-order chi connectivity index (χ1) is 11.5. The van der Waals surface area contributed by atoms with E-state index in [0.29, 0.717) is 12.1 Å². The number of furan rings is 1. The first-order valence-electron chi connectivity index (χ1n) is 8.46. The van der Waals surface area contributed by atoms with E-state index in [1.165, 1.54) is 5.56 Å². The van der Waals surface area contributed by atoms with Crippen molar-refractivity contribution in [2.75, 3.05) is 13.1 Å². The molecule has 1 atom stereocenters. The van der Waals surface area contributed by atoms with E-state index in [1.807, 2.05) is 49.1 Å². The number of likely N-dealkylation sites (tertiary alicyclic amines) is 1. The molecule has 2 heterocycles. The van der Waals surface area contributed by atoms with Crippen LogP contribution in [0.25, 0.3) is 0 Å². The molecule has 2 aromatic rings. The highest BCUT2D eigenvalue weighted by Crippen LogP contribution is 2.28. The summed E-state index contributed by atoms with van der Waals surface area (Å²) < 4.78 is 5.43. The molecule has 1 aliphatic rings. The fourth-order valence-electron chi connectivity index (χ4n) is 3.18. The lowest BCUT2D eigenvalue weighted by Gasteiger charge is -2.16. The fourth-order valence-corrected chi connectivity index (χ4v) is 3.18. The van der Waals surface area contributed by atoms with Crippen LogP contribution in [0.4, 0.5) is 0 Å². The molecule has 1 aliphatic heterocycles. The Morgan fingerprint density at radius 3 is 2.71 bits per heavy atom. The van der Waals surface area contributed by atoms with Crippen LogP contribution >= 0.6 is 0 Å². The summed E-state index contributed by atoms with van der Waals surface area (Å²) in [5.74, 6) is 1.31. The number of benzene rings is 1. The van der Waals surface area contributed by atoms with Crippen molar-refractivity contribution in [1.29, 1.82) is 0 Å². The van der Waals surface area contributed by atoms with E-state index in [2.05, 4.69) is 0 Å². The number of hydrogen-bond donors (Lipinski definition) is 0. The molecule has 0 saturated carbocycles. The van der Waals surface area contributed by atoms with Crippen molar-refractivity contribution in [3.8, 4) is 0 Å². The van der Waals surface area contributed by atoms with E-state index in [0.717, 1.165) is 24.3 Å². The Labute approximate surface area is 142 Å². The van der Waals surface area contributed by atoms with Gasteiger partial charge in [0, 0.05) is 37.4 Å². The smallest absolute Gasteiger partial charge is 0.223 e. The van der Waals surface area contributed by atoms with Gasteiger partial charge in [-0.15, -0.1) is 0 Å². The first-order valence-corrected chi connectivity index (χ1v) is 8.46. The van der Waals surface area contributed by atoms with Crippen LogP contribution in [0.1, 0.15) is 52.4 Å². The first kappa shape index (κ1) is 16.5. The Bertz CT molecular complexity index is 733. The second-order valence-electron chi connectivity index (χ2n) is 6.56. The van der Waals surface area contributed by atoms with Gasteiger partial charge in [-0.3, -0.25) is 9.59 Å². The third kappa shape index (κ3) is 3.58. The van der Waals surface area contributed by atoms with Gasteiger partial charge in [0.1, 0.15) is 5.76 Å². The van der Waals surface area contributed by atoms with E-state index in [9.17, 15) is 9.59 Å². The third-order valence-electron chi connectivity index (χ3n) is 4.88. The fraction of sp³-hybridized carbons (Fsp3) is 0.400. The minimum atomic E-state index is 0.0354. The van der Waals surface area contributed by atoms with Gasteiger partial charge in [0.15, 0.2) is 5.78 Å². The second-order valence-corrected chi connectivity index (χ2v) is 6.56. The van der Waals surface area contributed by atoms with Crippen LogP contribution in [-0.4, -0.2) is 29.7 Å². The van der Waals surface area contributed by atoms with E-state index in [-0.39, 0.29) is 30.4 Å². The van der Waals surface area contributed by atoms with Crippen molar-refractivity contribution in [3.05, 3.63) is 59.0 Å². The van der Waals surface area contributed by atoms with Gasteiger partial charge in [-0.05, 0) is 49.6 Å². The van der Waals surface area contributed by atoms with Crippen molar-refractivity contribution in [2.45, 2.75) is 39.0 Å². The van der Waals surface area contributed by atoms with Gasteiger partial charge in [-0.2, -0.15) is 0 Å². The van der Waals surface area contributed by atoms with Crippen molar-refractivity contribution in [1.82, 2.24) is 4.90 Å². The molecule has 1 aromatic carbocycles. The minimum absolute atomic E-state index is 0.0354. The monoisotopic (exact) mass is 325 g/mol. The van der Waals surface area contributed by atoms with Crippen LogP contribution in [0.3, 0.4) is 0 Å². The van der Waals surface area contributed by atoms with Crippen LogP contribution in [0.15, 0.2) is 41.0 Å². The van der Waals surface area contributed by atoms with E-state index < -0.39 is 0 Å². The van der Waals surface area contributed by atoms with Crippen LogP contribution in [0.2, 0.25) is 0 Å². The molecular weight excluding hydrogens is 302 g/mol. The number of Topliss-reactive ketones (excluding diaryl/α,β-unsaturated/α-hetero) is 1. The molecule has 0 radical (unpaired) electrons. The number of ketones is 1. The molecule has 3 rings (SSSR count). The third-order valence-corrected chi connectivity index (χ3v) is 4.88. The molecule has 1 saturated heterocycles. The van der Waals surface area contributed by atoms with Crippen LogP contribution < -0.4 is 0 Å². The van der Waals surface area contributed by atoms with Crippen molar-refractivity contribution in [2.24, 2.45) is 0 Å². The van der Waals surface area contributed by atoms with E-state index in [4.69, 9.17) is 4.42 Å². The van der Waals surface area contributed by atoms with Crippen molar-refractivity contribution >= 4 is 11.7 Å². The Balaban J connectivity index is 1.52. The summed E-state index contributed by atoms with van der Waals surface area (Å²) in [4.78, 5) is 26.5. The van der Waals surface area contributed by atoms with Gasteiger partial charge in [0.05, 0.1) is 6.26 Å². The highest BCUT2D eigenvalue weighted by molar-refractivity contribution is 5.98. The molecule has 4 nitrogen and oxygen atoms in total. The zero-order chi connectivity index (χ0) is 17.1.